The summed E-state index contributed by atoms with van der Waals surface area (Å²) in [6.07, 6.45) is 1.88. The molecule has 0 aliphatic heterocycles. The fourth-order valence-corrected chi connectivity index (χ4v) is 4.27. The molecule has 2 aromatic rings. The Morgan fingerprint density at radius 3 is 2.43 bits per heavy atom. The van der Waals surface area contributed by atoms with Gasteiger partial charge in [0.2, 0.25) is 10.0 Å². The summed E-state index contributed by atoms with van der Waals surface area (Å²) >= 11 is 0. The molecule has 10 heteroatoms. The minimum Gasteiger partial charge on any atom is -0.481 e. The second-order valence-corrected chi connectivity index (χ2v) is 9.00. The van der Waals surface area contributed by atoms with Gasteiger partial charge in [0.25, 0.3) is 0 Å². The number of nitrogens with zero attached hydrogens (tertiary/aromatic N) is 2. The average molecular weight is 411 g/mol. The van der Waals surface area contributed by atoms with Crippen LogP contribution in [0.3, 0.4) is 0 Å². The summed E-state index contributed by atoms with van der Waals surface area (Å²) in [5.74, 6) is -3.30. The summed E-state index contributed by atoms with van der Waals surface area (Å²) in [6.45, 7) is 0.841. The minimum atomic E-state index is -4.02. The van der Waals surface area contributed by atoms with E-state index in [1.807, 2.05) is 20.3 Å². The van der Waals surface area contributed by atoms with Crippen LogP contribution in [0.2, 0.25) is 0 Å². The van der Waals surface area contributed by atoms with Gasteiger partial charge in [-0.05, 0) is 43.8 Å². The highest BCUT2D eigenvalue weighted by Gasteiger charge is 2.33. The molecule has 0 amide bonds. The van der Waals surface area contributed by atoms with Crippen LogP contribution in [-0.4, -0.2) is 78.5 Å². The van der Waals surface area contributed by atoms with Crippen LogP contribution in [0, 0.1) is 0 Å². The zero-order valence-corrected chi connectivity index (χ0v) is 16.9. The third-order valence-corrected chi connectivity index (χ3v) is 6.37. The van der Waals surface area contributed by atoms with E-state index in [2.05, 4.69) is 9.88 Å². The standard InChI is InChI=1S/C18H25N3O6S/c1-20(2)7-6-13-10-19-15-5-4-12(8-14(13)15)11-28(26,27)21(3)16(18(24)25)9-17(22)23/h4-5,8,10,16,19H,6-7,9,11H2,1-3H3,(H,22,23)(H,24,25). The Labute approximate surface area is 163 Å². The number of sulfonamides is 1. The van der Waals surface area contributed by atoms with Crippen LogP contribution in [0.4, 0.5) is 0 Å². The molecule has 1 heterocycles. The van der Waals surface area contributed by atoms with Crippen LogP contribution >= 0.6 is 0 Å². The predicted octanol–water partition coefficient (Wildman–Crippen LogP) is 0.962. The van der Waals surface area contributed by atoms with Gasteiger partial charge in [0.15, 0.2) is 0 Å². The molecule has 9 nitrogen and oxygen atoms in total. The van der Waals surface area contributed by atoms with Crippen molar-refractivity contribution in [2.75, 3.05) is 27.7 Å². The van der Waals surface area contributed by atoms with E-state index in [0.717, 1.165) is 36.5 Å². The Morgan fingerprint density at radius 1 is 1.18 bits per heavy atom. The molecule has 0 fully saturated rings. The Hall–Kier alpha value is -2.43. The third-order valence-electron chi connectivity index (χ3n) is 4.54. The second kappa shape index (κ2) is 8.72. The topological polar surface area (TPSA) is 131 Å². The molecule has 0 bridgehead atoms. The fraction of sp³-hybridized carbons (Fsp3) is 0.444. The highest BCUT2D eigenvalue weighted by molar-refractivity contribution is 7.88. The largest absolute Gasteiger partial charge is 0.481 e. The van der Waals surface area contributed by atoms with Gasteiger partial charge in [-0.3, -0.25) is 9.59 Å². The number of likely N-dealkylation sites (N-methyl/N-ethyl adjacent to an activating group) is 2. The summed E-state index contributed by atoms with van der Waals surface area (Å²) in [7, 11) is 1.01. The van der Waals surface area contributed by atoms with Crippen LogP contribution in [-0.2, 0) is 31.8 Å². The Balaban J connectivity index is 2.27. The number of hydrogen-bond donors (Lipinski definition) is 3. The number of carboxylic acids is 2. The number of carboxylic acid groups (broad SMARTS) is 2. The van der Waals surface area contributed by atoms with Crippen LogP contribution in [0.15, 0.2) is 24.4 Å². The number of aromatic nitrogens is 1. The highest BCUT2D eigenvalue weighted by atomic mass is 32.2. The number of hydrogen-bond acceptors (Lipinski definition) is 5. The lowest BCUT2D eigenvalue weighted by Crippen LogP contribution is -2.44. The molecule has 0 spiro atoms. The van der Waals surface area contributed by atoms with Crippen molar-refractivity contribution in [2.45, 2.75) is 24.6 Å². The van der Waals surface area contributed by atoms with Gasteiger partial charge in [-0.2, -0.15) is 4.31 Å². The van der Waals surface area contributed by atoms with Crippen molar-refractivity contribution in [3.05, 3.63) is 35.5 Å². The number of rotatable bonds is 10. The van der Waals surface area contributed by atoms with Crippen molar-refractivity contribution in [3.8, 4) is 0 Å². The highest BCUT2D eigenvalue weighted by Crippen LogP contribution is 2.23. The van der Waals surface area contributed by atoms with Gasteiger partial charge in [0.1, 0.15) is 6.04 Å². The third kappa shape index (κ3) is 5.31. The monoisotopic (exact) mass is 411 g/mol. The van der Waals surface area contributed by atoms with Gasteiger partial charge in [0.05, 0.1) is 12.2 Å². The first-order valence-electron chi connectivity index (χ1n) is 8.65. The summed E-state index contributed by atoms with van der Waals surface area (Å²) in [5, 5.41) is 19.0. The Morgan fingerprint density at radius 2 is 1.86 bits per heavy atom. The lowest BCUT2D eigenvalue weighted by atomic mass is 10.1. The van der Waals surface area contributed by atoms with E-state index in [4.69, 9.17) is 5.11 Å². The molecule has 1 atom stereocenters. The summed E-state index contributed by atoms with van der Waals surface area (Å²) in [6, 6.07) is 3.56. The predicted molar refractivity (Wildman–Crippen MR) is 105 cm³/mol. The molecular formula is C18H25N3O6S. The number of nitrogens with one attached hydrogen (secondary N) is 1. The van der Waals surface area contributed by atoms with E-state index in [0.29, 0.717) is 9.87 Å². The molecule has 0 aliphatic carbocycles. The first kappa shape index (κ1) is 21.9. The normalized spacial score (nSPS) is 13.3. The minimum absolute atomic E-state index is 0.416. The molecule has 1 aromatic heterocycles. The number of benzene rings is 1. The summed E-state index contributed by atoms with van der Waals surface area (Å²) in [5.41, 5.74) is 2.45. The van der Waals surface area contributed by atoms with Crippen LogP contribution < -0.4 is 0 Å². The number of aliphatic carboxylic acids is 2. The molecule has 1 aromatic carbocycles. The van der Waals surface area contributed by atoms with Crippen molar-refractivity contribution in [1.29, 1.82) is 0 Å². The van der Waals surface area contributed by atoms with Crippen LogP contribution in [0.5, 0.6) is 0 Å². The van der Waals surface area contributed by atoms with Gasteiger partial charge < -0.3 is 20.1 Å². The molecule has 0 saturated heterocycles. The lowest BCUT2D eigenvalue weighted by molar-refractivity contribution is -0.147. The van der Waals surface area contributed by atoms with E-state index >= 15 is 0 Å². The van der Waals surface area contributed by atoms with E-state index < -0.39 is 40.2 Å². The maximum Gasteiger partial charge on any atom is 0.322 e. The average Bonchev–Trinajstić information content (AvgIpc) is 2.98. The first-order valence-corrected chi connectivity index (χ1v) is 10.3. The number of aromatic amines is 1. The molecular weight excluding hydrogens is 386 g/mol. The maximum absolute atomic E-state index is 12.7. The van der Waals surface area contributed by atoms with Gasteiger partial charge in [-0.25, -0.2) is 8.42 Å². The molecule has 28 heavy (non-hydrogen) atoms. The molecule has 2 rings (SSSR count). The summed E-state index contributed by atoms with van der Waals surface area (Å²) < 4.78 is 25.9. The first-order chi connectivity index (χ1) is 13.0. The zero-order valence-electron chi connectivity index (χ0n) is 16.0. The SMILES string of the molecule is CN(C)CCc1c[nH]c2ccc(CS(=O)(=O)N(C)C(CC(=O)O)C(=O)O)cc12. The van der Waals surface area contributed by atoms with Crippen LogP contribution in [0.1, 0.15) is 17.5 Å². The van der Waals surface area contributed by atoms with Gasteiger partial charge >= 0.3 is 11.9 Å². The van der Waals surface area contributed by atoms with Gasteiger partial charge in [-0.15, -0.1) is 0 Å². The van der Waals surface area contributed by atoms with E-state index in [-0.39, 0.29) is 0 Å². The number of fused-ring (bicyclic) bond motifs is 1. The lowest BCUT2D eigenvalue weighted by Gasteiger charge is -2.23. The molecule has 0 aliphatic rings. The fourth-order valence-electron chi connectivity index (χ4n) is 2.91. The second-order valence-electron chi connectivity index (χ2n) is 6.97. The molecule has 0 saturated carbocycles. The van der Waals surface area contributed by atoms with E-state index in [1.165, 1.54) is 0 Å². The molecule has 3 N–H and O–H groups in total. The Kier molecular flexibility index (Phi) is 6.81. The van der Waals surface area contributed by atoms with Crippen LogP contribution in [0.25, 0.3) is 10.9 Å². The van der Waals surface area contributed by atoms with Gasteiger partial charge in [0, 0.05) is 30.7 Å². The van der Waals surface area contributed by atoms with Crippen molar-refractivity contribution in [2.24, 2.45) is 0 Å². The van der Waals surface area contributed by atoms with Crippen molar-refractivity contribution >= 4 is 32.9 Å². The molecule has 0 radical (unpaired) electrons. The quantitative estimate of drug-likeness (QED) is 0.531. The van der Waals surface area contributed by atoms with E-state index in [1.54, 1.807) is 18.2 Å². The van der Waals surface area contributed by atoms with Crippen molar-refractivity contribution < 1.29 is 28.2 Å². The molecule has 154 valence electrons. The Bertz CT molecular complexity index is 967. The maximum atomic E-state index is 12.7. The number of H-pyrrole nitrogens is 1. The zero-order chi connectivity index (χ0) is 21.1. The smallest absolute Gasteiger partial charge is 0.322 e. The van der Waals surface area contributed by atoms with Gasteiger partial charge in [-0.1, -0.05) is 6.07 Å². The van der Waals surface area contributed by atoms with Crippen molar-refractivity contribution in [3.63, 3.8) is 0 Å². The summed E-state index contributed by atoms with van der Waals surface area (Å²) in [4.78, 5) is 27.4. The number of carbonyl (C=O) groups is 2. The van der Waals surface area contributed by atoms with E-state index in [9.17, 15) is 23.1 Å². The molecule has 1 unspecified atom stereocenters. The van der Waals surface area contributed by atoms with Crippen molar-refractivity contribution in [1.82, 2.24) is 14.2 Å².